The fourth-order valence-corrected chi connectivity index (χ4v) is 7.27. The molecule has 1 aliphatic heterocycles. The lowest BCUT2D eigenvalue weighted by Crippen LogP contribution is -2.74. The second kappa shape index (κ2) is 9.72. The molecule has 6 unspecified atom stereocenters. The molecule has 1 aromatic carbocycles. The number of benzene rings is 1. The van der Waals surface area contributed by atoms with Gasteiger partial charge in [-0.1, -0.05) is 6.42 Å². The first-order chi connectivity index (χ1) is 18.4. The first-order valence-electron chi connectivity index (χ1n) is 13.3. The van der Waals surface area contributed by atoms with Crippen molar-refractivity contribution in [1.29, 1.82) is 0 Å². The van der Waals surface area contributed by atoms with Crippen LogP contribution in [0.2, 0.25) is 0 Å². The Morgan fingerprint density at radius 2 is 1.74 bits per heavy atom. The number of primary amides is 1. The number of nitrogens with zero attached hydrogens (tertiary/aromatic N) is 2. The summed E-state index contributed by atoms with van der Waals surface area (Å²) in [5.74, 6) is -11.3. The molecule has 11 heteroatoms. The Balaban J connectivity index is 1.56. The predicted octanol–water partition coefficient (Wildman–Crippen LogP) is -0.464. The third-order valence-electron chi connectivity index (χ3n) is 9.06. The number of rotatable bonds is 5. The summed E-state index contributed by atoms with van der Waals surface area (Å²) in [5.41, 5.74) is 3.04. The lowest BCUT2D eigenvalue weighted by atomic mass is 9.52. The molecule has 0 radical (unpaired) electrons. The smallest absolute Gasteiger partial charge is 0.235 e. The van der Waals surface area contributed by atoms with E-state index in [4.69, 9.17) is 5.73 Å². The third kappa shape index (κ3) is 4.06. The van der Waals surface area contributed by atoms with E-state index < -0.39 is 70.1 Å². The molecule has 2 saturated carbocycles. The Bertz CT molecular complexity index is 1300. The molecule has 208 valence electrons. The summed E-state index contributed by atoms with van der Waals surface area (Å²) in [4.78, 5) is 83.0. The van der Waals surface area contributed by atoms with Gasteiger partial charge in [0.2, 0.25) is 5.91 Å². The number of phenols is 1. The van der Waals surface area contributed by atoms with Crippen molar-refractivity contribution in [3.8, 4) is 5.75 Å². The number of amides is 1. The maximum atomic E-state index is 13.9. The number of carbonyl (C=O) groups is 6. The summed E-state index contributed by atoms with van der Waals surface area (Å²) in [5, 5.41) is 22.3. The molecule has 1 heterocycles. The maximum Gasteiger partial charge on any atom is 0.235 e. The number of Topliss-reactive ketones (excluding diaryl/α,β-unsaturated/α-hetero) is 5. The minimum atomic E-state index is -2.77. The second-order valence-corrected chi connectivity index (χ2v) is 11.5. The summed E-state index contributed by atoms with van der Waals surface area (Å²) in [7, 11) is 3.06. The van der Waals surface area contributed by atoms with Crippen molar-refractivity contribution in [2.75, 3.05) is 33.7 Å². The second-order valence-electron chi connectivity index (χ2n) is 11.5. The van der Waals surface area contributed by atoms with Gasteiger partial charge in [-0.05, 0) is 76.5 Å². The molecular weight excluding hydrogens is 506 g/mol. The number of ketones is 5. The van der Waals surface area contributed by atoms with Crippen LogP contribution < -0.4 is 5.73 Å². The zero-order chi connectivity index (χ0) is 28.4. The van der Waals surface area contributed by atoms with Gasteiger partial charge >= 0.3 is 0 Å². The molecule has 1 saturated heterocycles. The number of phenolic OH excluding ortho intramolecular Hbond substituents is 1. The summed E-state index contributed by atoms with van der Waals surface area (Å²) in [6, 6.07) is 1.57. The number of likely N-dealkylation sites (N-methyl/N-ethyl adjacent to an activating group) is 1. The normalized spacial score (nSPS) is 33.0. The SMILES string of the molecule is CN(C)C1C(=O)C(C(N)=O)C(=O)C2(O)C(=O)C3C(=O)c4c(O)ccc(C(=O)CN5CCCCC5)c4CC3CC12. The van der Waals surface area contributed by atoms with Crippen LogP contribution in [0.25, 0.3) is 0 Å². The minimum absolute atomic E-state index is 0.0562. The molecule has 3 fully saturated rings. The molecule has 4 aliphatic rings. The molecule has 1 aromatic rings. The van der Waals surface area contributed by atoms with E-state index in [1.54, 1.807) is 0 Å². The van der Waals surface area contributed by atoms with E-state index >= 15 is 0 Å². The van der Waals surface area contributed by atoms with E-state index in [0.717, 1.165) is 32.4 Å². The zero-order valence-electron chi connectivity index (χ0n) is 22.0. The van der Waals surface area contributed by atoms with E-state index in [1.807, 2.05) is 0 Å². The van der Waals surface area contributed by atoms with Crippen LogP contribution in [0, 0.1) is 23.7 Å². The number of aromatic hydroxyl groups is 1. The van der Waals surface area contributed by atoms with E-state index in [9.17, 15) is 39.0 Å². The van der Waals surface area contributed by atoms with Crippen molar-refractivity contribution < 1.29 is 39.0 Å². The number of fused-ring (bicyclic) bond motifs is 3. The fraction of sp³-hybridized carbons (Fsp3) is 0.571. The van der Waals surface area contributed by atoms with Gasteiger partial charge in [-0.3, -0.25) is 38.6 Å². The Morgan fingerprint density at radius 1 is 1.08 bits per heavy atom. The highest BCUT2D eigenvalue weighted by atomic mass is 16.3. The lowest BCUT2D eigenvalue weighted by molar-refractivity contribution is -0.181. The van der Waals surface area contributed by atoms with Gasteiger partial charge in [-0.15, -0.1) is 0 Å². The molecule has 0 bridgehead atoms. The Morgan fingerprint density at radius 3 is 2.36 bits per heavy atom. The predicted molar refractivity (Wildman–Crippen MR) is 136 cm³/mol. The molecule has 1 amide bonds. The van der Waals surface area contributed by atoms with Gasteiger partial charge in [-0.25, -0.2) is 0 Å². The average molecular weight is 540 g/mol. The lowest BCUT2D eigenvalue weighted by Gasteiger charge is -2.52. The summed E-state index contributed by atoms with van der Waals surface area (Å²) < 4.78 is 0. The number of carbonyl (C=O) groups excluding carboxylic acids is 6. The number of hydrogen-bond donors (Lipinski definition) is 3. The molecule has 39 heavy (non-hydrogen) atoms. The van der Waals surface area contributed by atoms with Gasteiger partial charge in [0.15, 0.2) is 40.4 Å². The topological polar surface area (TPSA) is 175 Å². The van der Waals surface area contributed by atoms with Gasteiger partial charge in [-0.2, -0.15) is 0 Å². The number of likely N-dealkylation sites (tertiary alicyclic amines) is 1. The Labute approximate surface area is 225 Å². The van der Waals surface area contributed by atoms with E-state index in [1.165, 1.54) is 31.1 Å². The molecule has 0 spiro atoms. The van der Waals surface area contributed by atoms with Crippen molar-refractivity contribution in [1.82, 2.24) is 9.80 Å². The van der Waals surface area contributed by atoms with Gasteiger partial charge in [0, 0.05) is 11.5 Å². The minimum Gasteiger partial charge on any atom is -0.507 e. The van der Waals surface area contributed by atoms with Crippen molar-refractivity contribution in [3.05, 3.63) is 28.8 Å². The van der Waals surface area contributed by atoms with E-state index in [-0.39, 0.29) is 30.7 Å². The number of aliphatic hydroxyl groups is 1. The third-order valence-corrected chi connectivity index (χ3v) is 9.06. The molecular formula is C28H33N3O8. The van der Waals surface area contributed by atoms with Crippen LogP contribution in [0.5, 0.6) is 5.75 Å². The van der Waals surface area contributed by atoms with Gasteiger partial charge in [0.25, 0.3) is 0 Å². The molecule has 4 N–H and O–H groups in total. The van der Waals surface area contributed by atoms with Crippen molar-refractivity contribution >= 4 is 34.8 Å². The van der Waals surface area contributed by atoms with E-state index in [2.05, 4.69) is 4.90 Å². The standard InChI is InChI=1S/C28H33N3O8/c1-30(2)22-16-11-13-10-15-14(18(33)12-31-8-4-3-5-9-31)6-7-17(32)20(15)23(34)19(13)25(36)28(16,39)26(37)21(24(22)35)27(29)38/h6-7,13,16,19,21-22,32,39H,3-5,8-12H2,1-2H3,(H2,29,38). The number of nitrogens with two attached hydrogens (primary N) is 1. The van der Waals surface area contributed by atoms with Crippen LogP contribution in [0.3, 0.4) is 0 Å². The van der Waals surface area contributed by atoms with Crippen LogP contribution in [0.4, 0.5) is 0 Å². The zero-order valence-corrected chi connectivity index (χ0v) is 22.0. The summed E-state index contributed by atoms with van der Waals surface area (Å²) in [6.45, 7) is 1.76. The van der Waals surface area contributed by atoms with Crippen molar-refractivity contribution in [2.24, 2.45) is 29.4 Å². The number of piperidine rings is 1. The van der Waals surface area contributed by atoms with Gasteiger partial charge < -0.3 is 15.9 Å². The summed E-state index contributed by atoms with van der Waals surface area (Å²) >= 11 is 0. The maximum absolute atomic E-state index is 13.9. The molecule has 5 rings (SSSR count). The van der Waals surface area contributed by atoms with E-state index in [0.29, 0.717) is 11.1 Å². The van der Waals surface area contributed by atoms with Crippen molar-refractivity contribution in [2.45, 2.75) is 43.7 Å². The van der Waals surface area contributed by atoms with Crippen LogP contribution >= 0.6 is 0 Å². The highest BCUT2D eigenvalue weighted by molar-refractivity contribution is 6.32. The monoisotopic (exact) mass is 539 g/mol. The average Bonchev–Trinajstić information content (AvgIpc) is 2.86. The Hall–Kier alpha value is -3.28. The van der Waals surface area contributed by atoms with Crippen LogP contribution in [0.15, 0.2) is 12.1 Å². The molecule has 3 aliphatic carbocycles. The Kier molecular flexibility index (Phi) is 6.80. The van der Waals surface area contributed by atoms with Gasteiger partial charge in [0.05, 0.1) is 24.1 Å². The van der Waals surface area contributed by atoms with Crippen LogP contribution in [0.1, 0.15) is 52.0 Å². The fourth-order valence-electron chi connectivity index (χ4n) is 7.27. The van der Waals surface area contributed by atoms with Gasteiger partial charge in [0.1, 0.15) is 5.75 Å². The van der Waals surface area contributed by atoms with Crippen LogP contribution in [-0.4, -0.2) is 100 Å². The highest BCUT2D eigenvalue weighted by Gasteiger charge is 2.69. The quantitative estimate of drug-likeness (QED) is 0.328. The largest absolute Gasteiger partial charge is 0.507 e. The van der Waals surface area contributed by atoms with Crippen molar-refractivity contribution in [3.63, 3.8) is 0 Å². The molecule has 0 aromatic heterocycles. The molecule has 6 atom stereocenters. The molecule has 11 nitrogen and oxygen atoms in total. The number of hydrogen-bond acceptors (Lipinski definition) is 10. The van der Waals surface area contributed by atoms with Crippen LogP contribution in [-0.2, 0) is 25.6 Å². The summed E-state index contributed by atoms with van der Waals surface area (Å²) in [6.07, 6.45) is 3.12. The first-order valence-corrected chi connectivity index (χ1v) is 13.3. The first kappa shape index (κ1) is 27.3. The highest BCUT2D eigenvalue weighted by Crippen LogP contribution is 2.51.